The second-order valence-corrected chi connectivity index (χ2v) is 6.77. The summed E-state index contributed by atoms with van der Waals surface area (Å²) in [5.41, 5.74) is 1.87. The number of hydrogen-bond donors (Lipinski definition) is 2. The van der Waals surface area contributed by atoms with Crippen LogP contribution in [-0.4, -0.2) is 68.4 Å². The maximum atomic E-state index is 12.5. The molecule has 3 heterocycles. The minimum absolute atomic E-state index is 0.208. The molecule has 0 bridgehead atoms. The predicted molar refractivity (Wildman–Crippen MR) is 94.6 cm³/mol. The first-order valence-electron chi connectivity index (χ1n) is 8.50. The zero-order valence-corrected chi connectivity index (χ0v) is 15.4. The van der Waals surface area contributed by atoms with Gasteiger partial charge in [0.1, 0.15) is 5.82 Å². The molecule has 2 aromatic rings. The number of aliphatic hydroxyl groups excluding tert-OH is 1. The Morgan fingerprint density at radius 2 is 2.12 bits per heavy atom. The molecule has 2 aromatic heterocycles. The van der Waals surface area contributed by atoms with Crippen molar-refractivity contribution in [2.45, 2.75) is 39.5 Å². The lowest BCUT2D eigenvalue weighted by Gasteiger charge is -2.24. The van der Waals surface area contributed by atoms with Crippen LogP contribution in [0, 0.1) is 20.8 Å². The fourth-order valence-corrected chi connectivity index (χ4v) is 3.19. The van der Waals surface area contributed by atoms with Crippen LogP contribution in [0.4, 0.5) is 10.6 Å². The second-order valence-electron chi connectivity index (χ2n) is 6.77. The fraction of sp³-hybridized carbons (Fsp3) is 0.529. The third-order valence-electron chi connectivity index (χ3n) is 4.40. The van der Waals surface area contributed by atoms with Crippen LogP contribution < -0.4 is 5.32 Å². The molecule has 1 fully saturated rings. The van der Waals surface area contributed by atoms with Crippen LogP contribution in [-0.2, 0) is 6.54 Å². The van der Waals surface area contributed by atoms with E-state index >= 15 is 0 Å². The molecule has 140 valence electrons. The topological polar surface area (TPSA) is 108 Å². The molecule has 0 radical (unpaired) electrons. The second kappa shape index (κ2) is 7.38. The first-order chi connectivity index (χ1) is 12.3. The summed E-state index contributed by atoms with van der Waals surface area (Å²) in [6.45, 7) is 6.64. The molecule has 26 heavy (non-hydrogen) atoms. The standard InChI is InChI=1S/C17H24N6O3/c1-10-5-11(2)18-15(6-10)19-17(25)23-7-13(14(24)8-23)22(4)9-16-21-20-12(3)26-16/h5-6,13-14,24H,7-9H2,1-4H3,(H,18,19,25)/t13-,14-/m1/s1. The molecule has 9 heteroatoms. The van der Waals surface area contributed by atoms with Gasteiger partial charge in [-0.3, -0.25) is 10.2 Å². The number of β-amino-alcohol motifs (C(OH)–C–C–N with tert-alkyl or cyclic N) is 1. The van der Waals surface area contributed by atoms with Crippen molar-refractivity contribution in [2.24, 2.45) is 0 Å². The molecule has 2 atom stereocenters. The van der Waals surface area contributed by atoms with Gasteiger partial charge in [0.25, 0.3) is 0 Å². The number of amides is 2. The number of aliphatic hydroxyl groups is 1. The number of pyridine rings is 1. The summed E-state index contributed by atoms with van der Waals surface area (Å²) in [4.78, 5) is 20.3. The van der Waals surface area contributed by atoms with Gasteiger partial charge in [-0.1, -0.05) is 0 Å². The molecule has 1 saturated heterocycles. The Bertz CT molecular complexity index is 772. The highest BCUT2D eigenvalue weighted by atomic mass is 16.4. The van der Waals surface area contributed by atoms with E-state index < -0.39 is 6.10 Å². The Labute approximate surface area is 152 Å². The maximum Gasteiger partial charge on any atom is 0.323 e. The van der Waals surface area contributed by atoms with Gasteiger partial charge in [0.05, 0.1) is 25.2 Å². The molecule has 2 N–H and O–H groups in total. The van der Waals surface area contributed by atoms with Crippen molar-refractivity contribution >= 4 is 11.8 Å². The van der Waals surface area contributed by atoms with E-state index in [2.05, 4.69) is 20.5 Å². The monoisotopic (exact) mass is 360 g/mol. The number of likely N-dealkylation sites (tertiary alicyclic amines) is 1. The molecule has 0 saturated carbocycles. The summed E-state index contributed by atoms with van der Waals surface area (Å²) in [7, 11) is 1.86. The zero-order chi connectivity index (χ0) is 18.8. The van der Waals surface area contributed by atoms with Crippen LogP contribution in [0.25, 0.3) is 0 Å². The molecular weight excluding hydrogens is 336 g/mol. The van der Waals surface area contributed by atoms with E-state index in [0.717, 1.165) is 11.3 Å². The van der Waals surface area contributed by atoms with E-state index in [1.54, 1.807) is 11.8 Å². The summed E-state index contributed by atoms with van der Waals surface area (Å²) < 4.78 is 5.38. The minimum atomic E-state index is -0.651. The first kappa shape index (κ1) is 18.3. The van der Waals surface area contributed by atoms with Gasteiger partial charge in [0, 0.05) is 19.2 Å². The van der Waals surface area contributed by atoms with E-state index in [-0.39, 0.29) is 18.6 Å². The first-order valence-corrected chi connectivity index (χ1v) is 8.50. The third-order valence-corrected chi connectivity index (χ3v) is 4.40. The Balaban J connectivity index is 1.61. The summed E-state index contributed by atoms with van der Waals surface area (Å²) in [5, 5.41) is 20.9. The number of anilines is 1. The van der Waals surface area contributed by atoms with Crippen LogP contribution in [0.5, 0.6) is 0 Å². The molecule has 1 aliphatic heterocycles. The van der Waals surface area contributed by atoms with E-state index in [1.807, 2.05) is 37.9 Å². The number of nitrogens with one attached hydrogen (secondary N) is 1. The normalized spacial score (nSPS) is 20.0. The van der Waals surface area contributed by atoms with Crippen molar-refractivity contribution < 1.29 is 14.3 Å². The van der Waals surface area contributed by atoms with Gasteiger partial charge >= 0.3 is 6.03 Å². The molecule has 3 rings (SSSR count). The van der Waals surface area contributed by atoms with Gasteiger partial charge in [-0.05, 0) is 38.6 Å². The van der Waals surface area contributed by atoms with E-state index in [0.29, 0.717) is 30.7 Å². The van der Waals surface area contributed by atoms with Gasteiger partial charge in [-0.25, -0.2) is 9.78 Å². The van der Waals surface area contributed by atoms with Crippen LogP contribution in [0.3, 0.4) is 0 Å². The molecule has 0 aromatic carbocycles. The predicted octanol–water partition coefficient (Wildman–Crippen LogP) is 1.10. The molecule has 2 amide bonds. The largest absolute Gasteiger partial charge is 0.424 e. The summed E-state index contributed by atoms with van der Waals surface area (Å²) in [6.07, 6.45) is -0.651. The molecule has 9 nitrogen and oxygen atoms in total. The number of urea groups is 1. The molecule has 0 spiro atoms. The Morgan fingerprint density at radius 1 is 1.35 bits per heavy atom. The Morgan fingerprint density at radius 3 is 2.77 bits per heavy atom. The summed E-state index contributed by atoms with van der Waals surface area (Å²) in [6, 6.07) is 3.28. The lowest BCUT2D eigenvalue weighted by molar-refractivity contribution is 0.0900. The minimum Gasteiger partial charge on any atom is -0.424 e. The number of nitrogens with zero attached hydrogens (tertiary/aromatic N) is 5. The van der Waals surface area contributed by atoms with Crippen molar-refractivity contribution in [1.82, 2.24) is 25.0 Å². The van der Waals surface area contributed by atoms with Gasteiger partial charge in [0.2, 0.25) is 11.8 Å². The number of rotatable bonds is 4. The highest BCUT2D eigenvalue weighted by Crippen LogP contribution is 2.19. The van der Waals surface area contributed by atoms with Crippen molar-refractivity contribution in [1.29, 1.82) is 0 Å². The lowest BCUT2D eigenvalue weighted by Crippen LogP contribution is -2.41. The molecular formula is C17H24N6O3. The number of carbonyl (C=O) groups excluding carboxylic acids is 1. The molecule has 1 aliphatic rings. The lowest BCUT2D eigenvalue weighted by atomic mass is 10.2. The van der Waals surface area contributed by atoms with Crippen molar-refractivity contribution in [3.05, 3.63) is 35.2 Å². The maximum absolute atomic E-state index is 12.5. The number of hydrogen-bond acceptors (Lipinski definition) is 7. The Kier molecular flexibility index (Phi) is 5.19. The molecule has 0 unspecified atom stereocenters. The van der Waals surface area contributed by atoms with E-state index in [9.17, 15) is 9.90 Å². The van der Waals surface area contributed by atoms with Crippen molar-refractivity contribution in [3.63, 3.8) is 0 Å². The highest BCUT2D eigenvalue weighted by Gasteiger charge is 2.37. The van der Waals surface area contributed by atoms with Crippen LogP contribution >= 0.6 is 0 Å². The molecule has 0 aliphatic carbocycles. The average molecular weight is 360 g/mol. The zero-order valence-electron chi connectivity index (χ0n) is 15.4. The number of aromatic nitrogens is 3. The third kappa shape index (κ3) is 4.17. The van der Waals surface area contributed by atoms with Crippen LogP contribution in [0.2, 0.25) is 0 Å². The van der Waals surface area contributed by atoms with Crippen LogP contribution in [0.15, 0.2) is 16.5 Å². The van der Waals surface area contributed by atoms with Gasteiger partial charge in [-0.2, -0.15) is 0 Å². The fourth-order valence-electron chi connectivity index (χ4n) is 3.19. The number of aryl methyl sites for hydroxylation is 3. The smallest absolute Gasteiger partial charge is 0.323 e. The highest BCUT2D eigenvalue weighted by molar-refractivity contribution is 5.88. The average Bonchev–Trinajstić information content (AvgIpc) is 3.12. The van der Waals surface area contributed by atoms with Crippen molar-refractivity contribution in [3.8, 4) is 0 Å². The summed E-state index contributed by atoms with van der Waals surface area (Å²) >= 11 is 0. The number of likely N-dealkylation sites (N-methyl/N-ethyl adjacent to an activating group) is 1. The van der Waals surface area contributed by atoms with Crippen LogP contribution in [0.1, 0.15) is 23.0 Å². The van der Waals surface area contributed by atoms with E-state index in [1.165, 1.54) is 0 Å². The number of carbonyl (C=O) groups is 1. The van der Waals surface area contributed by atoms with Gasteiger partial charge in [0.15, 0.2) is 0 Å². The van der Waals surface area contributed by atoms with Gasteiger partial charge < -0.3 is 14.4 Å². The summed E-state index contributed by atoms with van der Waals surface area (Å²) in [5.74, 6) is 1.50. The SMILES string of the molecule is Cc1cc(C)nc(NC(=O)N2C[C@@H](O)[C@H](N(C)Cc3nnc(C)o3)C2)c1. The van der Waals surface area contributed by atoms with Crippen molar-refractivity contribution in [2.75, 3.05) is 25.5 Å². The Hall–Kier alpha value is -2.52. The van der Waals surface area contributed by atoms with Gasteiger partial charge in [-0.15, -0.1) is 10.2 Å². The van der Waals surface area contributed by atoms with E-state index in [4.69, 9.17) is 4.42 Å². The quantitative estimate of drug-likeness (QED) is 0.840.